The molecular formula is C15H30N2O2. The number of rotatable bonds is 8. The number of nitrogens with one attached hydrogen (secondary N) is 1. The van der Waals surface area contributed by atoms with Crippen molar-refractivity contribution >= 4 is 5.91 Å². The second-order valence-corrected chi connectivity index (χ2v) is 6.35. The Hall–Kier alpha value is -0.610. The summed E-state index contributed by atoms with van der Waals surface area (Å²) in [5.41, 5.74) is 0. The molecular weight excluding hydrogens is 240 g/mol. The predicted molar refractivity (Wildman–Crippen MR) is 78.1 cm³/mol. The van der Waals surface area contributed by atoms with Gasteiger partial charge in [0.05, 0.1) is 12.6 Å². The lowest BCUT2D eigenvalue weighted by atomic mass is 10.1. The molecule has 1 N–H and O–H groups in total. The highest BCUT2D eigenvalue weighted by molar-refractivity contribution is 5.78. The molecule has 0 aromatic heterocycles. The Morgan fingerprint density at radius 2 is 1.89 bits per heavy atom. The lowest BCUT2D eigenvalue weighted by Crippen LogP contribution is -2.43. The maximum Gasteiger partial charge on any atom is 0.236 e. The van der Waals surface area contributed by atoms with Crippen LogP contribution in [-0.2, 0) is 9.53 Å². The van der Waals surface area contributed by atoms with Crippen molar-refractivity contribution in [2.75, 3.05) is 32.8 Å². The minimum atomic E-state index is 0.209. The van der Waals surface area contributed by atoms with E-state index in [0.717, 1.165) is 39.1 Å². The molecule has 4 heteroatoms. The summed E-state index contributed by atoms with van der Waals surface area (Å²) in [5, 5.41) is 3.24. The summed E-state index contributed by atoms with van der Waals surface area (Å²) in [4.78, 5) is 14.2. The van der Waals surface area contributed by atoms with Crippen molar-refractivity contribution in [3.8, 4) is 0 Å². The van der Waals surface area contributed by atoms with Gasteiger partial charge in [0.1, 0.15) is 0 Å². The summed E-state index contributed by atoms with van der Waals surface area (Å²) < 4.78 is 5.54. The van der Waals surface area contributed by atoms with Crippen LogP contribution >= 0.6 is 0 Å². The smallest absolute Gasteiger partial charge is 0.236 e. The van der Waals surface area contributed by atoms with Gasteiger partial charge in [0.2, 0.25) is 5.91 Å². The van der Waals surface area contributed by atoms with E-state index in [1.165, 1.54) is 0 Å². The number of amides is 1. The molecule has 0 aromatic carbocycles. The maximum absolute atomic E-state index is 12.2. The van der Waals surface area contributed by atoms with E-state index in [2.05, 4.69) is 33.0 Å². The fraction of sp³-hybridized carbons (Fsp3) is 0.933. The lowest BCUT2D eigenvalue weighted by molar-refractivity contribution is -0.131. The van der Waals surface area contributed by atoms with Gasteiger partial charge in [-0.15, -0.1) is 0 Å². The molecule has 0 bridgehead atoms. The highest BCUT2D eigenvalue weighted by atomic mass is 16.5. The van der Waals surface area contributed by atoms with Crippen molar-refractivity contribution in [3.63, 3.8) is 0 Å². The average Bonchev–Trinajstić information content (AvgIpc) is 2.79. The highest BCUT2D eigenvalue weighted by Gasteiger charge is 2.18. The van der Waals surface area contributed by atoms with E-state index in [9.17, 15) is 4.79 Å². The molecule has 0 saturated carbocycles. The van der Waals surface area contributed by atoms with Gasteiger partial charge in [-0.05, 0) is 24.7 Å². The summed E-state index contributed by atoms with van der Waals surface area (Å²) >= 11 is 0. The number of ether oxygens (including phenoxy) is 1. The summed E-state index contributed by atoms with van der Waals surface area (Å²) in [7, 11) is 0. The van der Waals surface area contributed by atoms with Crippen LogP contribution in [0.4, 0.5) is 0 Å². The molecule has 1 atom stereocenters. The summed E-state index contributed by atoms with van der Waals surface area (Å²) in [5.74, 6) is 1.24. The van der Waals surface area contributed by atoms with E-state index >= 15 is 0 Å². The van der Waals surface area contributed by atoms with Crippen LogP contribution in [0, 0.1) is 11.8 Å². The standard InChI is InChI=1S/C15H30N2O2/c1-12(2)10-17(11-13(3)4)15(18)9-16-8-14-6-5-7-19-14/h12-14,16H,5-11H2,1-4H3. The molecule has 0 radical (unpaired) electrons. The van der Waals surface area contributed by atoms with Gasteiger partial charge >= 0.3 is 0 Å². The molecule has 1 fully saturated rings. The molecule has 4 nitrogen and oxygen atoms in total. The van der Waals surface area contributed by atoms with Crippen molar-refractivity contribution in [1.82, 2.24) is 10.2 Å². The van der Waals surface area contributed by atoms with E-state index in [-0.39, 0.29) is 5.91 Å². The Labute approximate surface area is 117 Å². The molecule has 1 rings (SSSR count). The monoisotopic (exact) mass is 270 g/mol. The lowest BCUT2D eigenvalue weighted by Gasteiger charge is -2.26. The Bertz CT molecular complexity index is 251. The molecule has 0 aromatic rings. The molecule has 0 spiro atoms. The normalized spacial score (nSPS) is 19.4. The first kappa shape index (κ1) is 16.4. The minimum absolute atomic E-state index is 0.209. The van der Waals surface area contributed by atoms with Gasteiger partial charge in [-0.2, -0.15) is 0 Å². The zero-order valence-electron chi connectivity index (χ0n) is 12.9. The third-order valence-electron chi connectivity index (χ3n) is 3.20. The summed E-state index contributed by atoms with van der Waals surface area (Å²) in [6.07, 6.45) is 2.56. The molecule has 1 aliphatic rings. The summed E-state index contributed by atoms with van der Waals surface area (Å²) in [6, 6.07) is 0. The van der Waals surface area contributed by atoms with Crippen molar-refractivity contribution in [2.24, 2.45) is 11.8 Å². The quantitative estimate of drug-likeness (QED) is 0.732. The second kappa shape index (κ2) is 8.54. The first-order chi connectivity index (χ1) is 8.99. The van der Waals surface area contributed by atoms with Crippen LogP contribution in [0.25, 0.3) is 0 Å². The van der Waals surface area contributed by atoms with Crippen LogP contribution in [0.2, 0.25) is 0 Å². The van der Waals surface area contributed by atoms with Crippen LogP contribution in [0.15, 0.2) is 0 Å². The molecule has 19 heavy (non-hydrogen) atoms. The number of carbonyl (C=O) groups is 1. The van der Waals surface area contributed by atoms with Crippen molar-refractivity contribution < 1.29 is 9.53 Å². The predicted octanol–water partition coefficient (Wildman–Crippen LogP) is 1.90. The van der Waals surface area contributed by atoms with E-state index in [1.807, 2.05) is 4.90 Å². The molecule has 1 amide bonds. The van der Waals surface area contributed by atoms with E-state index < -0.39 is 0 Å². The van der Waals surface area contributed by atoms with Gasteiger partial charge in [0, 0.05) is 26.2 Å². The third-order valence-corrected chi connectivity index (χ3v) is 3.20. The first-order valence-corrected chi connectivity index (χ1v) is 7.59. The Morgan fingerprint density at radius 1 is 1.26 bits per heavy atom. The van der Waals surface area contributed by atoms with Gasteiger partial charge in [-0.1, -0.05) is 27.7 Å². The molecule has 1 aliphatic heterocycles. The van der Waals surface area contributed by atoms with Crippen LogP contribution in [0.3, 0.4) is 0 Å². The van der Waals surface area contributed by atoms with E-state index in [4.69, 9.17) is 4.74 Å². The van der Waals surface area contributed by atoms with Crippen LogP contribution in [-0.4, -0.2) is 49.7 Å². The minimum Gasteiger partial charge on any atom is -0.377 e. The van der Waals surface area contributed by atoms with Crippen molar-refractivity contribution in [2.45, 2.75) is 46.6 Å². The van der Waals surface area contributed by atoms with Crippen molar-refractivity contribution in [3.05, 3.63) is 0 Å². The third kappa shape index (κ3) is 6.92. The SMILES string of the molecule is CC(C)CN(CC(C)C)C(=O)CNCC1CCCO1. The van der Waals surface area contributed by atoms with Gasteiger partial charge < -0.3 is 15.0 Å². The van der Waals surface area contributed by atoms with Crippen molar-refractivity contribution in [1.29, 1.82) is 0 Å². The van der Waals surface area contributed by atoms with Gasteiger partial charge in [-0.3, -0.25) is 4.79 Å². The summed E-state index contributed by atoms with van der Waals surface area (Å²) in [6.45, 7) is 12.4. The highest BCUT2D eigenvalue weighted by Crippen LogP contribution is 2.10. The fourth-order valence-corrected chi connectivity index (χ4v) is 2.42. The molecule has 1 saturated heterocycles. The number of hydrogen-bond acceptors (Lipinski definition) is 3. The van der Waals surface area contributed by atoms with Gasteiger partial charge in [0.15, 0.2) is 0 Å². The number of hydrogen-bond donors (Lipinski definition) is 1. The Morgan fingerprint density at radius 3 is 2.37 bits per heavy atom. The van der Waals surface area contributed by atoms with Crippen LogP contribution < -0.4 is 5.32 Å². The first-order valence-electron chi connectivity index (χ1n) is 7.59. The zero-order chi connectivity index (χ0) is 14.3. The zero-order valence-corrected chi connectivity index (χ0v) is 12.9. The Kier molecular flexibility index (Phi) is 7.39. The molecule has 0 aliphatic carbocycles. The topological polar surface area (TPSA) is 41.6 Å². The molecule has 112 valence electrons. The molecule has 1 unspecified atom stereocenters. The van der Waals surface area contributed by atoms with E-state index in [0.29, 0.717) is 24.5 Å². The largest absolute Gasteiger partial charge is 0.377 e. The second-order valence-electron chi connectivity index (χ2n) is 6.35. The van der Waals surface area contributed by atoms with Crippen LogP contribution in [0.5, 0.6) is 0 Å². The Balaban J connectivity index is 2.29. The molecule has 1 heterocycles. The fourth-order valence-electron chi connectivity index (χ4n) is 2.42. The van der Waals surface area contributed by atoms with Crippen LogP contribution in [0.1, 0.15) is 40.5 Å². The van der Waals surface area contributed by atoms with E-state index in [1.54, 1.807) is 0 Å². The number of carbonyl (C=O) groups excluding carboxylic acids is 1. The number of nitrogens with zero attached hydrogens (tertiary/aromatic N) is 1. The average molecular weight is 270 g/mol. The van der Waals surface area contributed by atoms with Gasteiger partial charge in [-0.25, -0.2) is 0 Å². The maximum atomic E-state index is 12.2. The van der Waals surface area contributed by atoms with Gasteiger partial charge in [0.25, 0.3) is 0 Å².